The third kappa shape index (κ3) is 2.55. The molecule has 2 aromatic carbocycles. The van der Waals surface area contributed by atoms with Gasteiger partial charge in [-0.05, 0) is 28.7 Å². The van der Waals surface area contributed by atoms with Crippen LogP contribution in [0.2, 0.25) is 0 Å². The molecule has 22 heavy (non-hydrogen) atoms. The summed E-state index contributed by atoms with van der Waals surface area (Å²) in [5, 5.41) is 3.64. The van der Waals surface area contributed by atoms with Crippen LogP contribution in [0.3, 0.4) is 0 Å². The van der Waals surface area contributed by atoms with Crippen molar-refractivity contribution in [2.24, 2.45) is 0 Å². The van der Waals surface area contributed by atoms with E-state index in [-0.39, 0.29) is 0 Å². The van der Waals surface area contributed by atoms with Crippen molar-refractivity contribution in [3.63, 3.8) is 0 Å². The molecule has 0 bridgehead atoms. The number of hydrogen-bond acceptors (Lipinski definition) is 2. The van der Waals surface area contributed by atoms with Crippen molar-refractivity contribution in [2.75, 3.05) is 6.54 Å². The SMILES string of the molecule is c1ccc2c(c1)CCNC2c1ccc(Cn2ccnc2)cc1. The first-order valence-corrected chi connectivity index (χ1v) is 7.76. The smallest absolute Gasteiger partial charge is 0.0949 e. The van der Waals surface area contributed by atoms with Crippen LogP contribution < -0.4 is 5.32 Å². The highest BCUT2D eigenvalue weighted by atomic mass is 15.0. The van der Waals surface area contributed by atoms with E-state index in [0.29, 0.717) is 6.04 Å². The fraction of sp³-hybridized carbons (Fsp3) is 0.211. The predicted octanol–water partition coefficient (Wildman–Crippen LogP) is 3.17. The molecule has 1 unspecified atom stereocenters. The second-order valence-electron chi connectivity index (χ2n) is 5.81. The minimum atomic E-state index is 0.312. The van der Waals surface area contributed by atoms with Gasteiger partial charge in [-0.2, -0.15) is 0 Å². The number of aromatic nitrogens is 2. The Hall–Kier alpha value is -2.39. The third-order valence-corrected chi connectivity index (χ3v) is 4.35. The van der Waals surface area contributed by atoms with Crippen molar-refractivity contribution < 1.29 is 0 Å². The van der Waals surface area contributed by atoms with Gasteiger partial charge < -0.3 is 9.88 Å². The minimum absolute atomic E-state index is 0.312. The van der Waals surface area contributed by atoms with Crippen LogP contribution in [-0.2, 0) is 13.0 Å². The number of benzene rings is 2. The fourth-order valence-corrected chi connectivity index (χ4v) is 3.21. The Bertz CT molecular complexity index is 745. The lowest BCUT2D eigenvalue weighted by atomic mass is 9.89. The van der Waals surface area contributed by atoms with Crippen molar-refractivity contribution in [3.05, 3.63) is 89.5 Å². The zero-order valence-electron chi connectivity index (χ0n) is 12.4. The molecule has 1 aromatic heterocycles. The number of nitrogens with zero attached hydrogens (tertiary/aromatic N) is 2. The highest BCUT2D eigenvalue weighted by Gasteiger charge is 2.20. The summed E-state index contributed by atoms with van der Waals surface area (Å²) in [7, 11) is 0. The zero-order chi connectivity index (χ0) is 14.8. The van der Waals surface area contributed by atoms with Crippen LogP contribution in [-0.4, -0.2) is 16.1 Å². The molecule has 0 fully saturated rings. The molecule has 4 rings (SSSR count). The lowest BCUT2D eigenvalue weighted by Crippen LogP contribution is -2.30. The molecule has 1 N–H and O–H groups in total. The second-order valence-corrected chi connectivity index (χ2v) is 5.81. The Kier molecular flexibility index (Phi) is 3.49. The predicted molar refractivity (Wildman–Crippen MR) is 87.8 cm³/mol. The van der Waals surface area contributed by atoms with E-state index in [2.05, 4.69) is 63.4 Å². The highest BCUT2D eigenvalue weighted by molar-refractivity contribution is 5.40. The van der Waals surface area contributed by atoms with E-state index < -0.39 is 0 Å². The van der Waals surface area contributed by atoms with Gasteiger partial charge in [0, 0.05) is 25.5 Å². The lowest BCUT2D eigenvalue weighted by molar-refractivity contribution is 0.567. The van der Waals surface area contributed by atoms with Gasteiger partial charge >= 0.3 is 0 Å². The van der Waals surface area contributed by atoms with Gasteiger partial charge in [-0.1, -0.05) is 48.5 Å². The molecule has 0 radical (unpaired) electrons. The van der Waals surface area contributed by atoms with Crippen molar-refractivity contribution >= 4 is 0 Å². The van der Waals surface area contributed by atoms with Crippen LogP contribution >= 0.6 is 0 Å². The number of imidazole rings is 1. The van der Waals surface area contributed by atoms with Gasteiger partial charge in [-0.15, -0.1) is 0 Å². The maximum atomic E-state index is 4.09. The van der Waals surface area contributed by atoms with Gasteiger partial charge in [0.1, 0.15) is 0 Å². The summed E-state index contributed by atoms with van der Waals surface area (Å²) in [4.78, 5) is 4.09. The molecule has 3 aromatic rings. The number of hydrogen-bond donors (Lipinski definition) is 1. The van der Waals surface area contributed by atoms with Gasteiger partial charge in [0.05, 0.1) is 12.4 Å². The third-order valence-electron chi connectivity index (χ3n) is 4.35. The fourth-order valence-electron chi connectivity index (χ4n) is 3.21. The largest absolute Gasteiger partial charge is 0.333 e. The maximum absolute atomic E-state index is 4.09. The quantitative estimate of drug-likeness (QED) is 0.802. The Morgan fingerprint density at radius 1 is 1.09 bits per heavy atom. The van der Waals surface area contributed by atoms with Gasteiger partial charge in [-0.3, -0.25) is 0 Å². The van der Waals surface area contributed by atoms with Crippen LogP contribution in [0.25, 0.3) is 0 Å². The average molecular weight is 289 g/mol. The van der Waals surface area contributed by atoms with Crippen LogP contribution in [0.5, 0.6) is 0 Å². The Morgan fingerprint density at radius 2 is 1.95 bits per heavy atom. The van der Waals surface area contributed by atoms with E-state index in [1.165, 1.54) is 22.3 Å². The lowest BCUT2D eigenvalue weighted by Gasteiger charge is -2.27. The standard InChI is InChI=1S/C19H19N3/c1-2-4-18-16(3-1)9-10-21-19(18)17-7-5-15(6-8-17)13-22-12-11-20-14-22/h1-8,11-12,14,19,21H,9-10,13H2. The minimum Gasteiger partial charge on any atom is -0.333 e. The monoisotopic (exact) mass is 289 g/mol. The molecule has 0 amide bonds. The van der Waals surface area contributed by atoms with Crippen molar-refractivity contribution in [2.45, 2.75) is 19.0 Å². The summed E-state index contributed by atoms with van der Waals surface area (Å²) < 4.78 is 2.09. The van der Waals surface area contributed by atoms with E-state index in [4.69, 9.17) is 0 Å². The summed E-state index contributed by atoms with van der Waals surface area (Å²) >= 11 is 0. The maximum Gasteiger partial charge on any atom is 0.0949 e. The normalized spacial score (nSPS) is 17.2. The van der Waals surface area contributed by atoms with Gasteiger partial charge in [0.15, 0.2) is 0 Å². The van der Waals surface area contributed by atoms with Crippen molar-refractivity contribution in [1.82, 2.24) is 14.9 Å². The Labute approximate surface area is 130 Å². The molecule has 3 heteroatoms. The van der Waals surface area contributed by atoms with Crippen LogP contribution in [0.4, 0.5) is 0 Å². The zero-order valence-corrected chi connectivity index (χ0v) is 12.4. The number of nitrogens with one attached hydrogen (secondary N) is 1. The molecule has 1 atom stereocenters. The number of fused-ring (bicyclic) bond motifs is 1. The van der Waals surface area contributed by atoms with Gasteiger partial charge in [0.25, 0.3) is 0 Å². The Morgan fingerprint density at radius 3 is 2.77 bits per heavy atom. The molecule has 0 spiro atoms. The summed E-state index contributed by atoms with van der Waals surface area (Å²) in [6.07, 6.45) is 6.78. The molecule has 0 aliphatic carbocycles. The van der Waals surface area contributed by atoms with E-state index in [9.17, 15) is 0 Å². The van der Waals surface area contributed by atoms with E-state index >= 15 is 0 Å². The molecule has 3 nitrogen and oxygen atoms in total. The van der Waals surface area contributed by atoms with E-state index in [0.717, 1.165) is 19.5 Å². The van der Waals surface area contributed by atoms with Crippen molar-refractivity contribution in [3.8, 4) is 0 Å². The number of rotatable bonds is 3. The van der Waals surface area contributed by atoms with E-state index in [1.54, 1.807) is 0 Å². The van der Waals surface area contributed by atoms with Crippen LogP contribution in [0.15, 0.2) is 67.3 Å². The van der Waals surface area contributed by atoms with Crippen molar-refractivity contribution in [1.29, 1.82) is 0 Å². The van der Waals surface area contributed by atoms with E-state index in [1.807, 2.05) is 18.7 Å². The molecule has 2 heterocycles. The first-order valence-electron chi connectivity index (χ1n) is 7.76. The van der Waals surface area contributed by atoms with Gasteiger partial charge in [0.2, 0.25) is 0 Å². The summed E-state index contributed by atoms with van der Waals surface area (Å²) in [5.74, 6) is 0. The molecular weight excluding hydrogens is 270 g/mol. The molecular formula is C19H19N3. The topological polar surface area (TPSA) is 29.9 Å². The van der Waals surface area contributed by atoms with Gasteiger partial charge in [-0.25, -0.2) is 4.98 Å². The molecule has 1 aliphatic rings. The first kappa shape index (κ1) is 13.3. The molecule has 110 valence electrons. The summed E-state index contributed by atoms with van der Waals surface area (Å²) in [6.45, 7) is 1.91. The van der Waals surface area contributed by atoms with Crippen LogP contribution in [0.1, 0.15) is 28.3 Å². The van der Waals surface area contributed by atoms with Crippen LogP contribution in [0, 0.1) is 0 Å². The summed E-state index contributed by atoms with van der Waals surface area (Å²) in [6, 6.07) is 18.0. The highest BCUT2D eigenvalue weighted by Crippen LogP contribution is 2.28. The Balaban J connectivity index is 1.59. The molecule has 0 saturated heterocycles. The molecule has 0 saturated carbocycles. The summed E-state index contributed by atoms with van der Waals surface area (Å²) in [5.41, 5.74) is 5.51. The first-order chi connectivity index (χ1) is 10.9. The molecule has 1 aliphatic heterocycles. The average Bonchev–Trinajstić information content (AvgIpc) is 3.08. The second kappa shape index (κ2) is 5.78.